The molecule has 4 rings (SSSR count). The van der Waals surface area contributed by atoms with E-state index in [1.807, 2.05) is 31.2 Å². The molecular formula is C22H21ClN2O4S. The van der Waals surface area contributed by atoms with Gasteiger partial charge < -0.3 is 9.42 Å². The Morgan fingerprint density at radius 1 is 1.17 bits per heavy atom. The lowest BCUT2D eigenvalue weighted by Crippen LogP contribution is -2.40. The van der Waals surface area contributed by atoms with Crippen molar-refractivity contribution in [2.24, 2.45) is 0 Å². The van der Waals surface area contributed by atoms with Gasteiger partial charge in [0.25, 0.3) is 5.91 Å². The number of halogens is 1. The van der Waals surface area contributed by atoms with Crippen molar-refractivity contribution in [2.75, 3.05) is 11.5 Å². The third-order valence-corrected chi connectivity index (χ3v) is 7.24. The monoisotopic (exact) mass is 444 g/mol. The van der Waals surface area contributed by atoms with E-state index in [1.165, 1.54) is 0 Å². The number of carbonyl (C=O) groups excluding carboxylic acids is 1. The van der Waals surface area contributed by atoms with E-state index < -0.39 is 9.84 Å². The highest BCUT2D eigenvalue weighted by Gasteiger charge is 2.36. The summed E-state index contributed by atoms with van der Waals surface area (Å²) in [6, 6.07) is 16.0. The molecule has 6 nitrogen and oxygen atoms in total. The fourth-order valence-electron chi connectivity index (χ4n) is 3.55. The molecule has 2 heterocycles. The van der Waals surface area contributed by atoms with E-state index in [2.05, 4.69) is 5.16 Å². The van der Waals surface area contributed by atoms with Crippen LogP contribution in [-0.2, 0) is 16.4 Å². The first-order chi connectivity index (χ1) is 14.3. The largest absolute Gasteiger partial charge is 0.355 e. The van der Waals surface area contributed by atoms with Crippen LogP contribution in [0.25, 0.3) is 11.3 Å². The minimum absolute atomic E-state index is 0.0352. The summed E-state index contributed by atoms with van der Waals surface area (Å²) in [5.41, 5.74) is 2.94. The molecule has 0 N–H and O–H groups in total. The first kappa shape index (κ1) is 20.6. The van der Waals surface area contributed by atoms with Gasteiger partial charge in [0.2, 0.25) is 0 Å². The van der Waals surface area contributed by atoms with E-state index >= 15 is 0 Å². The topological polar surface area (TPSA) is 80.5 Å². The van der Waals surface area contributed by atoms with Crippen molar-refractivity contribution in [2.45, 2.75) is 25.9 Å². The van der Waals surface area contributed by atoms with Crippen LogP contribution in [0, 0.1) is 6.92 Å². The molecule has 0 spiro atoms. The summed E-state index contributed by atoms with van der Waals surface area (Å²) in [5.74, 6) is 0.155. The minimum atomic E-state index is -3.15. The summed E-state index contributed by atoms with van der Waals surface area (Å²) < 4.78 is 29.4. The Hall–Kier alpha value is -2.64. The van der Waals surface area contributed by atoms with Crippen LogP contribution in [0.15, 0.2) is 59.1 Å². The molecule has 156 valence electrons. The average molecular weight is 445 g/mol. The van der Waals surface area contributed by atoms with Gasteiger partial charge in [-0.2, -0.15) is 0 Å². The Labute approximate surface area is 180 Å². The van der Waals surface area contributed by atoms with Gasteiger partial charge in [0.05, 0.1) is 11.5 Å². The molecule has 0 radical (unpaired) electrons. The molecule has 1 aliphatic rings. The first-order valence-corrected chi connectivity index (χ1v) is 11.8. The highest BCUT2D eigenvalue weighted by atomic mass is 35.5. The molecular weight excluding hydrogens is 424 g/mol. The van der Waals surface area contributed by atoms with E-state index in [9.17, 15) is 13.2 Å². The van der Waals surface area contributed by atoms with Crippen LogP contribution in [0.1, 0.15) is 28.0 Å². The summed E-state index contributed by atoms with van der Waals surface area (Å²) >= 11 is 5.92. The van der Waals surface area contributed by atoms with Gasteiger partial charge in [-0.3, -0.25) is 4.79 Å². The minimum Gasteiger partial charge on any atom is -0.355 e. The van der Waals surface area contributed by atoms with E-state index in [-0.39, 0.29) is 29.1 Å². The van der Waals surface area contributed by atoms with Crippen LogP contribution >= 0.6 is 11.6 Å². The number of hydrogen-bond donors (Lipinski definition) is 0. The molecule has 2 aromatic carbocycles. The van der Waals surface area contributed by atoms with E-state index in [1.54, 1.807) is 35.2 Å². The van der Waals surface area contributed by atoms with Crippen molar-refractivity contribution < 1.29 is 17.7 Å². The third-order valence-electron chi connectivity index (χ3n) is 5.24. The van der Waals surface area contributed by atoms with Gasteiger partial charge in [-0.15, -0.1) is 0 Å². The number of aryl methyl sites for hydroxylation is 1. The number of aromatic nitrogens is 1. The summed E-state index contributed by atoms with van der Waals surface area (Å²) in [6.45, 7) is 2.30. The molecule has 1 aliphatic heterocycles. The number of sulfone groups is 1. The van der Waals surface area contributed by atoms with E-state index in [0.29, 0.717) is 23.7 Å². The van der Waals surface area contributed by atoms with Gasteiger partial charge in [0.1, 0.15) is 0 Å². The van der Waals surface area contributed by atoms with Crippen LogP contribution in [0.3, 0.4) is 0 Å². The summed E-state index contributed by atoms with van der Waals surface area (Å²) in [7, 11) is -3.15. The number of rotatable bonds is 5. The quantitative estimate of drug-likeness (QED) is 0.591. The zero-order valence-electron chi connectivity index (χ0n) is 16.4. The van der Waals surface area contributed by atoms with Gasteiger partial charge in [0, 0.05) is 29.2 Å². The summed E-state index contributed by atoms with van der Waals surface area (Å²) in [6.07, 6.45) is 0.418. The van der Waals surface area contributed by atoms with Crippen molar-refractivity contribution >= 4 is 27.3 Å². The van der Waals surface area contributed by atoms with Gasteiger partial charge in [-0.05, 0) is 43.2 Å². The Bertz CT molecular complexity index is 1150. The van der Waals surface area contributed by atoms with Crippen LogP contribution in [0.2, 0.25) is 5.02 Å². The molecule has 1 amide bonds. The van der Waals surface area contributed by atoms with Crippen molar-refractivity contribution in [1.82, 2.24) is 10.1 Å². The Morgan fingerprint density at radius 3 is 2.50 bits per heavy atom. The summed E-state index contributed by atoms with van der Waals surface area (Å²) in [5, 5.41) is 4.55. The molecule has 1 aromatic heterocycles. The smallest absolute Gasteiger partial charge is 0.276 e. The standard InChI is InChI=1S/C22H21ClN2O4S/c1-15-2-4-16(5-3-15)13-25(19-10-11-30(27,28)14-19)22(26)20-12-21(29-24-20)17-6-8-18(23)9-7-17/h2-9,12,19H,10-11,13-14H2,1H3/t19-/m1/s1. The van der Waals surface area contributed by atoms with Crippen molar-refractivity contribution in [3.63, 3.8) is 0 Å². The van der Waals surface area contributed by atoms with Gasteiger partial charge in [-0.1, -0.05) is 46.6 Å². The number of nitrogens with zero attached hydrogens (tertiary/aromatic N) is 2. The maximum Gasteiger partial charge on any atom is 0.276 e. The SMILES string of the molecule is Cc1ccc(CN(C(=O)c2cc(-c3ccc(Cl)cc3)on2)[C@@H]2CCS(=O)(=O)C2)cc1. The molecule has 0 saturated carbocycles. The zero-order chi connectivity index (χ0) is 21.3. The van der Waals surface area contributed by atoms with Crippen LogP contribution in [0.5, 0.6) is 0 Å². The Balaban J connectivity index is 1.62. The van der Waals surface area contributed by atoms with Crippen LogP contribution < -0.4 is 0 Å². The molecule has 0 bridgehead atoms. The van der Waals surface area contributed by atoms with Crippen molar-refractivity contribution in [3.05, 3.63) is 76.4 Å². The van der Waals surface area contributed by atoms with Gasteiger partial charge >= 0.3 is 0 Å². The van der Waals surface area contributed by atoms with E-state index in [0.717, 1.165) is 16.7 Å². The molecule has 30 heavy (non-hydrogen) atoms. The number of amides is 1. The molecule has 1 fully saturated rings. The maximum atomic E-state index is 13.3. The molecule has 0 unspecified atom stereocenters. The highest BCUT2D eigenvalue weighted by molar-refractivity contribution is 7.91. The number of benzene rings is 2. The zero-order valence-corrected chi connectivity index (χ0v) is 18.0. The maximum absolute atomic E-state index is 13.3. The number of hydrogen-bond acceptors (Lipinski definition) is 5. The lowest BCUT2D eigenvalue weighted by molar-refractivity contribution is 0.0670. The Morgan fingerprint density at radius 2 is 1.87 bits per heavy atom. The fraction of sp³-hybridized carbons (Fsp3) is 0.273. The molecule has 1 saturated heterocycles. The van der Waals surface area contributed by atoms with Crippen molar-refractivity contribution in [3.8, 4) is 11.3 Å². The van der Waals surface area contributed by atoms with Crippen molar-refractivity contribution in [1.29, 1.82) is 0 Å². The normalized spacial score (nSPS) is 17.7. The predicted molar refractivity (Wildman–Crippen MR) is 115 cm³/mol. The van der Waals surface area contributed by atoms with Gasteiger partial charge in [0.15, 0.2) is 21.3 Å². The average Bonchev–Trinajstić information content (AvgIpc) is 3.34. The molecule has 0 aliphatic carbocycles. The second-order valence-corrected chi connectivity index (χ2v) is 10.2. The highest BCUT2D eigenvalue weighted by Crippen LogP contribution is 2.26. The third kappa shape index (κ3) is 4.57. The first-order valence-electron chi connectivity index (χ1n) is 9.60. The number of carbonyl (C=O) groups is 1. The lowest BCUT2D eigenvalue weighted by Gasteiger charge is -2.27. The summed E-state index contributed by atoms with van der Waals surface area (Å²) in [4.78, 5) is 14.9. The van der Waals surface area contributed by atoms with E-state index in [4.69, 9.17) is 16.1 Å². The predicted octanol–water partition coefficient (Wildman–Crippen LogP) is 4.13. The van der Waals surface area contributed by atoms with Crippen LogP contribution in [0.4, 0.5) is 0 Å². The second-order valence-electron chi connectivity index (χ2n) is 7.56. The lowest BCUT2D eigenvalue weighted by atomic mass is 10.1. The van der Waals surface area contributed by atoms with Crippen LogP contribution in [-0.4, -0.2) is 41.9 Å². The molecule has 3 aromatic rings. The van der Waals surface area contributed by atoms with Gasteiger partial charge in [-0.25, -0.2) is 8.42 Å². The molecule has 1 atom stereocenters. The molecule has 8 heteroatoms. The fourth-order valence-corrected chi connectivity index (χ4v) is 5.41. The second kappa shape index (κ2) is 8.24. The Kier molecular flexibility index (Phi) is 5.66.